The monoisotopic (exact) mass is 746 g/mol. The SMILES string of the molecule is Cc1cccc2c1sc1c(-c3cccc(-c4nc(-c5ccccc5)nc(-c5ccc6c(c5)c5ccccc5n6-c5ccccc5-c5ccccc5)n4)c3)cccc12. The number of hydrogen-bond acceptors (Lipinski definition) is 4. The Morgan fingerprint density at radius 3 is 1.72 bits per heavy atom. The van der Waals surface area contributed by atoms with Gasteiger partial charge in [-0.05, 0) is 65.6 Å². The van der Waals surface area contributed by atoms with Crippen molar-refractivity contribution in [1.29, 1.82) is 0 Å². The number of nitrogens with zero attached hydrogens (tertiary/aromatic N) is 4. The smallest absolute Gasteiger partial charge is 0.164 e. The Labute approximate surface area is 334 Å². The molecule has 0 bridgehead atoms. The Morgan fingerprint density at radius 1 is 0.368 bits per heavy atom. The number of rotatable bonds is 6. The Hall–Kier alpha value is -7.21. The fourth-order valence-corrected chi connectivity index (χ4v) is 9.57. The molecular formula is C52H34N4S. The molecule has 0 aliphatic carbocycles. The molecule has 268 valence electrons. The number of thiophene rings is 1. The third-order valence-electron chi connectivity index (χ3n) is 11.0. The molecule has 3 aromatic heterocycles. The molecule has 5 heteroatoms. The number of para-hydroxylation sites is 2. The molecule has 0 spiro atoms. The number of fused-ring (bicyclic) bond motifs is 6. The van der Waals surface area contributed by atoms with Crippen molar-refractivity contribution in [2.24, 2.45) is 0 Å². The van der Waals surface area contributed by atoms with E-state index in [0.717, 1.165) is 44.4 Å². The zero-order valence-corrected chi connectivity index (χ0v) is 31.9. The van der Waals surface area contributed by atoms with E-state index >= 15 is 0 Å². The second-order valence-corrected chi connectivity index (χ2v) is 15.5. The maximum atomic E-state index is 5.22. The van der Waals surface area contributed by atoms with Gasteiger partial charge in [-0.2, -0.15) is 0 Å². The minimum atomic E-state index is 0.634. The second kappa shape index (κ2) is 13.5. The molecule has 0 fully saturated rings. The Kier molecular flexibility index (Phi) is 7.86. The Bertz CT molecular complexity index is 3310. The average Bonchev–Trinajstić information content (AvgIpc) is 3.83. The molecule has 11 aromatic rings. The lowest BCUT2D eigenvalue weighted by Gasteiger charge is -2.14. The largest absolute Gasteiger partial charge is 0.309 e. The minimum Gasteiger partial charge on any atom is -0.309 e. The van der Waals surface area contributed by atoms with Gasteiger partial charge in [0, 0.05) is 53.2 Å². The highest BCUT2D eigenvalue weighted by Crippen LogP contribution is 2.42. The van der Waals surface area contributed by atoms with Gasteiger partial charge in [0.25, 0.3) is 0 Å². The van der Waals surface area contributed by atoms with Crippen LogP contribution in [-0.4, -0.2) is 19.5 Å². The maximum Gasteiger partial charge on any atom is 0.164 e. The van der Waals surface area contributed by atoms with Crippen molar-refractivity contribution >= 4 is 53.3 Å². The third kappa shape index (κ3) is 5.63. The lowest BCUT2D eigenvalue weighted by Crippen LogP contribution is -2.00. The molecule has 57 heavy (non-hydrogen) atoms. The predicted octanol–water partition coefficient (Wildman–Crippen LogP) is 14.0. The normalized spacial score (nSPS) is 11.6. The van der Waals surface area contributed by atoms with Crippen LogP contribution in [0.2, 0.25) is 0 Å². The van der Waals surface area contributed by atoms with Crippen LogP contribution in [0, 0.1) is 6.92 Å². The van der Waals surface area contributed by atoms with Gasteiger partial charge in [0.15, 0.2) is 17.5 Å². The van der Waals surface area contributed by atoms with Gasteiger partial charge in [0.2, 0.25) is 0 Å². The van der Waals surface area contributed by atoms with E-state index in [-0.39, 0.29) is 0 Å². The third-order valence-corrected chi connectivity index (χ3v) is 12.4. The Balaban J connectivity index is 1.08. The number of benzene rings is 8. The quantitative estimate of drug-likeness (QED) is 0.170. The molecule has 0 aliphatic heterocycles. The van der Waals surface area contributed by atoms with E-state index in [0.29, 0.717) is 17.5 Å². The summed E-state index contributed by atoms with van der Waals surface area (Å²) in [5.41, 5.74) is 12.2. The fraction of sp³-hybridized carbons (Fsp3) is 0.0192. The molecule has 3 heterocycles. The molecule has 0 N–H and O–H groups in total. The van der Waals surface area contributed by atoms with Gasteiger partial charge in [-0.3, -0.25) is 0 Å². The topological polar surface area (TPSA) is 43.6 Å². The number of hydrogen-bond donors (Lipinski definition) is 0. The first-order valence-corrected chi connectivity index (χ1v) is 20.0. The van der Waals surface area contributed by atoms with Gasteiger partial charge in [0.05, 0.1) is 16.7 Å². The average molecular weight is 747 g/mol. The predicted molar refractivity (Wildman–Crippen MR) is 239 cm³/mol. The van der Waals surface area contributed by atoms with Crippen LogP contribution in [0.25, 0.3) is 104 Å². The van der Waals surface area contributed by atoms with Gasteiger partial charge in [-0.25, -0.2) is 15.0 Å². The van der Waals surface area contributed by atoms with Gasteiger partial charge < -0.3 is 4.57 Å². The van der Waals surface area contributed by atoms with Crippen LogP contribution < -0.4 is 0 Å². The molecule has 0 atom stereocenters. The van der Waals surface area contributed by atoms with E-state index in [1.807, 2.05) is 29.5 Å². The van der Waals surface area contributed by atoms with Crippen LogP contribution in [-0.2, 0) is 0 Å². The van der Waals surface area contributed by atoms with Crippen molar-refractivity contribution in [3.8, 4) is 62.1 Å². The summed E-state index contributed by atoms with van der Waals surface area (Å²) in [6, 6.07) is 66.6. The van der Waals surface area contributed by atoms with Crippen LogP contribution >= 0.6 is 11.3 Å². The molecule has 0 aliphatic rings. The van der Waals surface area contributed by atoms with Crippen molar-refractivity contribution < 1.29 is 0 Å². The van der Waals surface area contributed by atoms with Gasteiger partial charge in [-0.15, -0.1) is 11.3 Å². The molecule has 8 aromatic carbocycles. The summed E-state index contributed by atoms with van der Waals surface area (Å²) in [4.78, 5) is 15.5. The van der Waals surface area contributed by atoms with Crippen molar-refractivity contribution in [3.05, 3.63) is 194 Å². The zero-order valence-electron chi connectivity index (χ0n) is 31.1. The van der Waals surface area contributed by atoms with Crippen molar-refractivity contribution in [1.82, 2.24) is 19.5 Å². The molecular weight excluding hydrogens is 713 g/mol. The highest BCUT2D eigenvalue weighted by atomic mass is 32.1. The maximum absolute atomic E-state index is 5.22. The second-order valence-electron chi connectivity index (χ2n) is 14.5. The summed E-state index contributed by atoms with van der Waals surface area (Å²) in [7, 11) is 0. The molecule has 0 amide bonds. The lowest BCUT2D eigenvalue weighted by atomic mass is 10.00. The van der Waals surface area contributed by atoms with Crippen molar-refractivity contribution in [3.63, 3.8) is 0 Å². The highest BCUT2D eigenvalue weighted by molar-refractivity contribution is 7.26. The summed E-state index contributed by atoms with van der Waals surface area (Å²) in [6.07, 6.45) is 0. The fourth-order valence-electron chi connectivity index (χ4n) is 8.27. The van der Waals surface area contributed by atoms with E-state index in [1.165, 1.54) is 47.8 Å². The summed E-state index contributed by atoms with van der Waals surface area (Å²) in [5, 5.41) is 4.91. The first-order chi connectivity index (χ1) is 28.2. The van der Waals surface area contributed by atoms with E-state index in [4.69, 9.17) is 15.0 Å². The molecule has 11 rings (SSSR count). The van der Waals surface area contributed by atoms with Crippen LogP contribution in [0.4, 0.5) is 0 Å². The Morgan fingerprint density at radius 2 is 0.912 bits per heavy atom. The lowest BCUT2D eigenvalue weighted by molar-refractivity contribution is 1.07. The first-order valence-electron chi connectivity index (χ1n) is 19.2. The summed E-state index contributed by atoms with van der Waals surface area (Å²) in [6.45, 7) is 2.20. The minimum absolute atomic E-state index is 0.634. The summed E-state index contributed by atoms with van der Waals surface area (Å²) in [5.74, 6) is 1.91. The van der Waals surface area contributed by atoms with Crippen LogP contribution in [0.3, 0.4) is 0 Å². The molecule has 0 saturated heterocycles. The van der Waals surface area contributed by atoms with E-state index in [9.17, 15) is 0 Å². The first kappa shape index (κ1) is 33.2. The number of aryl methyl sites for hydroxylation is 1. The summed E-state index contributed by atoms with van der Waals surface area (Å²) < 4.78 is 5.01. The molecule has 0 radical (unpaired) electrons. The van der Waals surface area contributed by atoms with Crippen LogP contribution in [0.5, 0.6) is 0 Å². The van der Waals surface area contributed by atoms with E-state index < -0.39 is 0 Å². The van der Waals surface area contributed by atoms with Crippen molar-refractivity contribution in [2.75, 3.05) is 0 Å². The van der Waals surface area contributed by atoms with E-state index in [1.54, 1.807) is 0 Å². The van der Waals surface area contributed by atoms with Crippen molar-refractivity contribution in [2.45, 2.75) is 6.92 Å². The van der Waals surface area contributed by atoms with Gasteiger partial charge >= 0.3 is 0 Å². The van der Waals surface area contributed by atoms with Gasteiger partial charge in [0.1, 0.15) is 0 Å². The zero-order chi connectivity index (χ0) is 37.9. The standard InChI is InChI=1S/C52H34N4S/c1-33-15-12-25-42-43-26-14-24-40(49(43)57-48(33)42)36-20-13-21-37(31-36)51-53-50(35-18-6-3-7-19-35)54-52(55-51)38-29-30-47-44(32-38)41-23-9-11-28-46(41)56(47)45-27-10-8-22-39(45)34-16-4-2-5-17-34/h2-32H,1H3. The highest BCUT2D eigenvalue weighted by Gasteiger charge is 2.19. The molecule has 0 saturated carbocycles. The van der Waals surface area contributed by atoms with Crippen LogP contribution in [0.15, 0.2) is 188 Å². The molecule has 0 unspecified atom stereocenters. The molecule has 4 nitrogen and oxygen atoms in total. The number of aromatic nitrogens is 4. The summed E-state index contributed by atoms with van der Waals surface area (Å²) >= 11 is 1.87. The van der Waals surface area contributed by atoms with E-state index in [2.05, 4.69) is 181 Å². The van der Waals surface area contributed by atoms with Crippen LogP contribution in [0.1, 0.15) is 5.56 Å². The van der Waals surface area contributed by atoms with Gasteiger partial charge in [-0.1, -0.05) is 152 Å².